The van der Waals surface area contributed by atoms with Gasteiger partial charge in [0.2, 0.25) is 0 Å². The van der Waals surface area contributed by atoms with E-state index >= 15 is 0 Å². The van der Waals surface area contributed by atoms with Crippen LogP contribution in [0.15, 0.2) is 6.07 Å². The van der Waals surface area contributed by atoms with Gasteiger partial charge in [-0.15, -0.1) is 0 Å². The second-order valence-electron chi connectivity index (χ2n) is 3.08. The molecular formula is C10H8ClNO3S. The van der Waals surface area contributed by atoms with Crippen molar-refractivity contribution in [2.45, 2.75) is 6.61 Å². The summed E-state index contributed by atoms with van der Waals surface area (Å²) in [5, 5.41) is 9.19. The van der Waals surface area contributed by atoms with E-state index in [0.29, 0.717) is 37.8 Å². The summed E-state index contributed by atoms with van der Waals surface area (Å²) in [6, 6.07) is 1.56. The Bertz CT molecular complexity index is 552. The van der Waals surface area contributed by atoms with E-state index < -0.39 is 0 Å². The maximum atomic E-state index is 10.9. The van der Waals surface area contributed by atoms with E-state index in [-0.39, 0.29) is 6.61 Å². The van der Waals surface area contributed by atoms with Gasteiger partial charge in [0.05, 0.1) is 29.5 Å². The van der Waals surface area contributed by atoms with Crippen molar-refractivity contribution >= 4 is 39.4 Å². The van der Waals surface area contributed by atoms with Crippen molar-refractivity contribution in [3.05, 3.63) is 21.7 Å². The summed E-state index contributed by atoms with van der Waals surface area (Å²) in [4.78, 5) is 15.0. The van der Waals surface area contributed by atoms with Crippen LogP contribution in [-0.2, 0) is 6.61 Å². The highest BCUT2D eigenvalue weighted by Crippen LogP contribution is 2.37. The van der Waals surface area contributed by atoms with E-state index in [1.807, 2.05) is 0 Å². The zero-order valence-corrected chi connectivity index (χ0v) is 9.93. The summed E-state index contributed by atoms with van der Waals surface area (Å²) >= 11 is 7.04. The molecule has 0 aliphatic carbocycles. The molecule has 6 heteroatoms. The highest BCUT2D eigenvalue weighted by atomic mass is 35.5. The van der Waals surface area contributed by atoms with Gasteiger partial charge in [-0.2, -0.15) is 0 Å². The molecule has 1 heterocycles. The predicted octanol–water partition coefficient (Wildman–Crippen LogP) is 2.26. The van der Waals surface area contributed by atoms with E-state index in [4.69, 9.17) is 16.3 Å². The fourth-order valence-corrected chi connectivity index (χ4v) is 2.73. The van der Waals surface area contributed by atoms with Crippen LogP contribution in [0.2, 0.25) is 4.47 Å². The van der Waals surface area contributed by atoms with Crippen molar-refractivity contribution in [2.75, 3.05) is 7.11 Å². The number of fused-ring (bicyclic) bond motifs is 1. The average Bonchev–Trinajstić information content (AvgIpc) is 2.67. The summed E-state index contributed by atoms with van der Waals surface area (Å²) < 4.78 is 6.20. The Labute approximate surface area is 100 Å². The molecule has 84 valence electrons. The minimum atomic E-state index is -0.193. The molecule has 2 aromatic rings. The number of ether oxygens (including phenoxy) is 1. The van der Waals surface area contributed by atoms with Crippen LogP contribution in [0, 0.1) is 0 Å². The van der Waals surface area contributed by atoms with Gasteiger partial charge in [-0.25, -0.2) is 4.98 Å². The van der Waals surface area contributed by atoms with Crippen LogP contribution in [0.4, 0.5) is 0 Å². The molecule has 2 rings (SSSR count). The average molecular weight is 258 g/mol. The maximum Gasteiger partial charge on any atom is 0.184 e. The number of benzene rings is 1. The molecule has 0 aliphatic rings. The summed E-state index contributed by atoms with van der Waals surface area (Å²) in [5.74, 6) is 0.451. The van der Waals surface area contributed by atoms with Crippen molar-refractivity contribution in [1.29, 1.82) is 0 Å². The van der Waals surface area contributed by atoms with Gasteiger partial charge in [-0.3, -0.25) is 4.79 Å². The zero-order valence-electron chi connectivity index (χ0n) is 8.36. The predicted molar refractivity (Wildman–Crippen MR) is 62.5 cm³/mol. The second kappa shape index (κ2) is 4.37. The number of halogens is 1. The molecule has 0 radical (unpaired) electrons. The van der Waals surface area contributed by atoms with Crippen LogP contribution < -0.4 is 4.74 Å². The van der Waals surface area contributed by atoms with Gasteiger partial charge in [0, 0.05) is 5.56 Å². The van der Waals surface area contributed by atoms with Crippen LogP contribution >= 0.6 is 22.9 Å². The molecule has 0 saturated carbocycles. The van der Waals surface area contributed by atoms with E-state index in [9.17, 15) is 9.90 Å². The Hall–Kier alpha value is -1.17. The van der Waals surface area contributed by atoms with Crippen LogP contribution in [0.25, 0.3) is 10.2 Å². The second-order valence-corrected chi connectivity index (χ2v) is 4.66. The monoisotopic (exact) mass is 257 g/mol. The molecule has 0 fully saturated rings. The standard InChI is InChI=1S/C10H8ClNO3S/c1-15-8-6(4-14)2-5(3-13)7-9(8)16-10(11)12-7/h2,4,13H,3H2,1H3. The molecule has 16 heavy (non-hydrogen) atoms. The Morgan fingerprint density at radius 2 is 2.44 bits per heavy atom. The smallest absolute Gasteiger partial charge is 0.184 e. The summed E-state index contributed by atoms with van der Waals surface area (Å²) in [6.45, 7) is -0.193. The number of aliphatic hydroxyl groups is 1. The van der Waals surface area contributed by atoms with Crippen LogP contribution in [0.5, 0.6) is 5.75 Å². The number of aromatic nitrogens is 1. The van der Waals surface area contributed by atoms with Crippen LogP contribution in [0.3, 0.4) is 0 Å². The van der Waals surface area contributed by atoms with E-state index in [2.05, 4.69) is 4.98 Å². The number of carbonyl (C=O) groups excluding carboxylic acids is 1. The number of thiazole rings is 1. The van der Waals surface area contributed by atoms with Gasteiger partial charge in [-0.1, -0.05) is 22.9 Å². The van der Waals surface area contributed by atoms with Gasteiger partial charge in [-0.05, 0) is 6.07 Å². The molecule has 0 aliphatic heterocycles. The lowest BCUT2D eigenvalue weighted by molar-refractivity contribution is 0.112. The highest BCUT2D eigenvalue weighted by molar-refractivity contribution is 7.22. The minimum Gasteiger partial charge on any atom is -0.494 e. The highest BCUT2D eigenvalue weighted by Gasteiger charge is 2.16. The Morgan fingerprint density at radius 1 is 1.69 bits per heavy atom. The normalized spacial score (nSPS) is 10.7. The van der Waals surface area contributed by atoms with E-state index in [0.717, 1.165) is 0 Å². The molecule has 0 spiro atoms. The third-order valence-corrected chi connectivity index (χ3v) is 3.36. The number of methoxy groups -OCH3 is 1. The number of rotatable bonds is 3. The van der Waals surface area contributed by atoms with Gasteiger partial charge in [0.25, 0.3) is 0 Å². The Balaban J connectivity index is 2.87. The molecular weight excluding hydrogens is 250 g/mol. The zero-order chi connectivity index (χ0) is 11.7. The van der Waals surface area contributed by atoms with Crippen molar-refractivity contribution < 1.29 is 14.6 Å². The molecule has 1 N–H and O–H groups in total. The topological polar surface area (TPSA) is 59.4 Å². The van der Waals surface area contributed by atoms with Gasteiger partial charge >= 0.3 is 0 Å². The Morgan fingerprint density at radius 3 is 3.00 bits per heavy atom. The molecule has 0 amide bonds. The summed E-state index contributed by atoms with van der Waals surface area (Å²) in [5.41, 5.74) is 1.54. The van der Waals surface area contributed by atoms with Gasteiger partial charge < -0.3 is 9.84 Å². The third-order valence-electron chi connectivity index (χ3n) is 2.20. The third kappa shape index (κ3) is 1.67. The van der Waals surface area contributed by atoms with Crippen LogP contribution in [0.1, 0.15) is 15.9 Å². The number of hydrogen-bond acceptors (Lipinski definition) is 5. The lowest BCUT2D eigenvalue weighted by atomic mass is 10.1. The van der Waals surface area contributed by atoms with Gasteiger partial charge in [0.1, 0.15) is 5.75 Å². The lowest BCUT2D eigenvalue weighted by Crippen LogP contribution is -1.95. The minimum absolute atomic E-state index is 0.193. The Kier molecular flexibility index (Phi) is 3.09. The molecule has 0 unspecified atom stereocenters. The number of aliphatic hydroxyl groups excluding tert-OH is 1. The fraction of sp³-hybridized carbons (Fsp3) is 0.200. The largest absolute Gasteiger partial charge is 0.494 e. The number of hydrogen-bond donors (Lipinski definition) is 1. The first-order valence-corrected chi connectivity index (χ1v) is 5.62. The molecule has 1 aromatic heterocycles. The van der Waals surface area contributed by atoms with Crippen molar-refractivity contribution in [3.8, 4) is 5.75 Å². The molecule has 0 saturated heterocycles. The quantitative estimate of drug-likeness (QED) is 0.857. The van der Waals surface area contributed by atoms with Crippen LogP contribution in [-0.4, -0.2) is 23.5 Å². The first-order chi connectivity index (χ1) is 7.71. The lowest BCUT2D eigenvalue weighted by Gasteiger charge is -2.06. The van der Waals surface area contributed by atoms with Crippen molar-refractivity contribution in [3.63, 3.8) is 0 Å². The fourth-order valence-electron chi connectivity index (χ4n) is 1.54. The van der Waals surface area contributed by atoms with E-state index in [1.165, 1.54) is 18.4 Å². The molecule has 0 atom stereocenters. The molecule has 1 aromatic carbocycles. The first kappa shape index (κ1) is 11.3. The summed E-state index contributed by atoms with van der Waals surface area (Å²) in [7, 11) is 1.48. The van der Waals surface area contributed by atoms with Gasteiger partial charge in [0.15, 0.2) is 10.8 Å². The number of nitrogens with zero attached hydrogens (tertiary/aromatic N) is 1. The summed E-state index contributed by atoms with van der Waals surface area (Å²) in [6.07, 6.45) is 0.686. The molecule has 0 bridgehead atoms. The van der Waals surface area contributed by atoms with E-state index in [1.54, 1.807) is 6.07 Å². The first-order valence-electron chi connectivity index (χ1n) is 4.43. The maximum absolute atomic E-state index is 10.9. The number of carbonyl (C=O) groups is 1. The molecule has 4 nitrogen and oxygen atoms in total. The number of aldehydes is 1. The SMILES string of the molecule is COc1c(C=O)cc(CO)c2nc(Cl)sc12. The van der Waals surface area contributed by atoms with Crippen molar-refractivity contribution in [2.24, 2.45) is 0 Å². The van der Waals surface area contributed by atoms with Crippen molar-refractivity contribution in [1.82, 2.24) is 4.98 Å².